The molecule has 0 aliphatic heterocycles. The average Bonchev–Trinajstić information content (AvgIpc) is 2.63. The van der Waals surface area contributed by atoms with Crippen molar-refractivity contribution in [2.45, 2.75) is 72.0 Å². The van der Waals surface area contributed by atoms with Gasteiger partial charge in [0.1, 0.15) is 0 Å². The van der Waals surface area contributed by atoms with E-state index < -0.39 is 29.6 Å². The van der Waals surface area contributed by atoms with Crippen LogP contribution < -0.4 is 0 Å². The minimum absolute atomic E-state index is 0.00619. The Labute approximate surface area is 169 Å². The number of aliphatic carboxylic acids is 2. The Morgan fingerprint density at radius 1 is 0.821 bits per heavy atom. The third kappa shape index (κ3) is 9.82. The minimum Gasteiger partial charge on any atom is -0.481 e. The summed E-state index contributed by atoms with van der Waals surface area (Å²) in [6.45, 7) is 11.6. The first-order chi connectivity index (χ1) is 13.1. The van der Waals surface area contributed by atoms with Crippen molar-refractivity contribution in [3.05, 3.63) is 0 Å². The molecule has 0 aliphatic carbocycles. The number of hydrogen-bond acceptors (Lipinski definition) is 6. The molecule has 0 aromatic heterocycles. The second-order valence-electron chi connectivity index (χ2n) is 7.52. The number of carboxylic acids is 2. The highest BCUT2D eigenvalue weighted by Crippen LogP contribution is 2.36. The van der Waals surface area contributed by atoms with Crippen molar-refractivity contribution in [1.29, 1.82) is 0 Å². The van der Waals surface area contributed by atoms with E-state index in [4.69, 9.17) is 5.11 Å². The molecular formula is C20H40N2O6. The predicted octanol–water partition coefficient (Wildman–Crippen LogP) is 1.50. The molecule has 0 amide bonds. The first-order valence-corrected chi connectivity index (χ1v) is 10.4. The second-order valence-corrected chi connectivity index (χ2v) is 7.52. The number of aliphatic hydroxyl groups is 2. The van der Waals surface area contributed by atoms with Crippen LogP contribution in [0.25, 0.3) is 0 Å². The van der Waals surface area contributed by atoms with E-state index in [1.165, 1.54) is 0 Å². The molecular weight excluding hydrogens is 364 g/mol. The molecule has 28 heavy (non-hydrogen) atoms. The van der Waals surface area contributed by atoms with Gasteiger partial charge in [0.15, 0.2) is 0 Å². The number of carboxylic acid groups (broad SMARTS) is 2. The summed E-state index contributed by atoms with van der Waals surface area (Å²) in [7, 11) is 0. The van der Waals surface area contributed by atoms with E-state index >= 15 is 0 Å². The van der Waals surface area contributed by atoms with Crippen molar-refractivity contribution in [3.63, 3.8) is 0 Å². The van der Waals surface area contributed by atoms with E-state index in [1.807, 2.05) is 37.5 Å². The summed E-state index contributed by atoms with van der Waals surface area (Å²) in [6, 6.07) is 0. The van der Waals surface area contributed by atoms with Gasteiger partial charge in [-0.15, -0.1) is 0 Å². The molecule has 0 aromatic rings. The Bertz CT molecular complexity index is 430. The molecule has 0 bridgehead atoms. The smallest absolute Gasteiger partial charge is 0.309 e. The van der Waals surface area contributed by atoms with Crippen LogP contribution in [0, 0.1) is 5.41 Å². The molecule has 2 unspecified atom stereocenters. The Morgan fingerprint density at radius 2 is 1.21 bits per heavy atom. The molecule has 4 N–H and O–H groups in total. The summed E-state index contributed by atoms with van der Waals surface area (Å²) < 4.78 is 0. The Balaban J connectivity index is 5.38. The maximum atomic E-state index is 12.2. The Hall–Kier alpha value is -1.22. The van der Waals surface area contributed by atoms with Crippen LogP contribution in [0.3, 0.4) is 0 Å². The number of rotatable bonds is 17. The maximum Gasteiger partial charge on any atom is 0.309 e. The summed E-state index contributed by atoms with van der Waals surface area (Å²) in [5, 5.41) is 40.0. The molecule has 0 fully saturated rings. The zero-order chi connectivity index (χ0) is 21.7. The number of likely N-dealkylation sites (N-methyl/N-ethyl adjacent to an activating group) is 2. The second kappa shape index (κ2) is 13.9. The maximum absolute atomic E-state index is 12.2. The van der Waals surface area contributed by atoms with Gasteiger partial charge in [0, 0.05) is 19.5 Å². The molecule has 0 aliphatic rings. The topological polar surface area (TPSA) is 122 Å². The lowest BCUT2D eigenvalue weighted by molar-refractivity contribution is -0.155. The first-order valence-electron chi connectivity index (χ1n) is 10.4. The quantitative estimate of drug-likeness (QED) is 0.288. The Morgan fingerprint density at radius 3 is 1.50 bits per heavy atom. The van der Waals surface area contributed by atoms with Gasteiger partial charge in [0.25, 0.3) is 0 Å². The van der Waals surface area contributed by atoms with Gasteiger partial charge in [-0.1, -0.05) is 27.7 Å². The van der Waals surface area contributed by atoms with Crippen molar-refractivity contribution in [2.24, 2.45) is 5.41 Å². The number of hydrogen-bond donors (Lipinski definition) is 4. The van der Waals surface area contributed by atoms with Crippen LogP contribution in [0.5, 0.6) is 0 Å². The number of nitrogens with zero attached hydrogens (tertiary/aromatic N) is 2. The van der Waals surface area contributed by atoms with E-state index in [0.717, 1.165) is 26.2 Å². The lowest BCUT2D eigenvalue weighted by atomic mass is 9.73. The molecule has 2 atom stereocenters. The van der Waals surface area contributed by atoms with Crippen LogP contribution in [0.2, 0.25) is 0 Å². The van der Waals surface area contributed by atoms with Gasteiger partial charge in [-0.3, -0.25) is 9.59 Å². The van der Waals surface area contributed by atoms with Gasteiger partial charge < -0.3 is 30.2 Å². The highest BCUT2D eigenvalue weighted by Gasteiger charge is 2.42. The van der Waals surface area contributed by atoms with Crippen LogP contribution in [0.1, 0.15) is 59.8 Å². The zero-order valence-electron chi connectivity index (χ0n) is 17.9. The molecule has 0 heterocycles. The number of carbonyl (C=O) groups is 2. The van der Waals surface area contributed by atoms with Crippen LogP contribution >= 0.6 is 0 Å². The van der Waals surface area contributed by atoms with E-state index in [-0.39, 0.29) is 32.1 Å². The normalized spacial score (nSPS) is 16.1. The van der Waals surface area contributed by atoms with Gasteiger partial charge in [-0.2, -0.15) is 0 Å². The zero-order valence-corrected chi connectivity index (χ0v) is 17.9. The highest BCUT2D eigenvalue weighted by molar-refractivity contribution is 5.75. The third-order valence-corrected chi connectivity index (χ3v) is 5.48. The minimum atomic E-state index is -1.35. The van der Waals surface area contributed by atoms with Crippen molar-refractivity contribution in [1.82, 2.24) is 9.80 Å². The van der Waals surface area contributed by atoms with E-state index in [2.05, 4.69) is 0 Å². The largest absolute Gasteiger partial charge is 0.481 e. The van der Waals surface area contributed by atoms with E-state index in [1.54, 1.807) is 0 Å². The predicted molar refractivity (Wildman–Crippen MR) is 108 cm³/mol. The SMILES string of the molecule is CCN(CC)CC(O)CC(CCCC(=O)O)(CC(O)CN(CC)CC)C(=O)O. The fraction of sp³-hybridized carbons (Fsp3) is 0.900. The lowest BCUT2D eigenvalue weighted by Gasteiger charge is -2.35. The summed E-state index contributed by atoms with van der Waals surface area (Å²) in [4.78, 5) is 27.1. The van der Waals surface area contributed by atoms with Gasteiger partial charge in [0.2, 0.25) is 0 Å². The summed E-state index contributed by atoms with van der Waals surface area (Å²) in [5.41, 5.74) is -1.35. The van der Waals surface area contributed by atoms with Crippen molar-refractivity contribution in [3.8, 4) is 0 Å². The van der Waals surface area contributed by atoms with E-state index in [9.17, 15) is 24.9 Å². The molecule has 0 rings (SSSR count). The standard InChI is InChI=1S/C20H40N2O6/c1-5-21(6-2)14-16(23)12-20(19(27)28,11-9-10-18(25)26)13-17(24)15-22(7-3)8-4/h16-17,23-24H,5-15H2,1-4H3,(H,25,26)(H,27,28). The molecule has 0 saturated carbocycles. The lowest BCUT2D eigenvalue weighted by Crippen LogP contribution is -2.44. The molecule has 166 valence electrons. The van der Waals surface area contributed by atoms with Crippen LogP contribution in [-0.4, -0.2) is 93.6 Å². The molecule has 0 spiro atoms. The third-order valence-electron chi connectivity index (χ3n) is 5.48. The van der Waals surface area contributed by atoms with Gasteiger partial charge in [-0.05, 0) is 51.9 Å². The Kier molecular flexibility index (Phi) is 13.3. The monoisotopic (exact) mass is 404 g/mol. The van der Waals surface area contributed by atoms with Gasteiger partial charge in [-0.25, -0.2) is 0 Å². The molecule has 0 aromatic carbocycles. The summed E-state index contributed by atoms with van der Waals surface area (Å²) in [5.74, 6) is -2.07. The van der Waals surface area contributed by atoms with Crippen LogP contribution in [0.4, 0.5) is 0 Å². The first kappa shape index (κ1) is 26.8. The number of aliphatic hydroxyl groups excluding tert-OH is 2. The summed E-state index contributed by atoms with van der Waals surface area (Å²) >= 11 is 0. The fourth-order valence-electron chi connectivity index (χ4n) is 3.74. The van der Waals surface area contributed by atoms with Crippen LogP contribution in [-0.2, 0) is 9.59 Å². The molecule has 8 nitrogen and oxygen atoms in total. The molecule has 0 radical (unpaired) electrons. The van der Waals surface area contributed by atoms with E-state index in [0.29, 0.717) is 13.1 Å². The van der Waals surface area contributed by atoms with Crippen molar-refractivity contribution >= 4 is 11.9 Å². The van der Waals surface area contributed by atoms with Gasteiger partial charge in [0.05, 0.1) is 17.6 Å². The molecule has 0 saturated heterocycles. The fourth-order valence-corrected chi connectivity index (χ4v) is 3.74. The van der Waals surface area contributed by atoms with Crippen molar-refractivity contribution < 1.29 is 30.0 Å². The highest BCUT2D eigenvalue weighted by atomic mass is 16.4. The molecule has 8 heteroatoms. The van der Waals surface area contributed by atoms with Crippen LogP contribution in [0.15, 0.2) is 0 Å². The van der Waals surface area contributed by atoms with Gasteiger partial charge >= 0.3 is 11.9 Å². The summed E-state index contributed by atoms with van der Waals surface area (Å²) in [6.07, 6.45) is -1.56. The van der Waals surface area contributed by atoms with Crippen molar-refractivity contribution in [2.75, 3.05) is 39.3 Å². The average molecular weight is 405 g/mol.